The summed E-state index contributed by atoms with van der Waals surface area (Å²) < 4.78 is 1.02. The largest absolute Gasteiger partial charge is 0.300 e. The van der Waals surface area contributed by atoms with Crippen molar-refractivity contribution < 1.29 is 4.79 Å². The highest BCUT2D eigenvalue weighted by Gasteiger charge is 2.26. The molecule has 0 bridgehead atoms. The van der Waals surface area contributed by atoms with Gasteiger partial charge < -0.3 is 0 Å². The summed E-state index contributed by atoms with van der Waals surface area (Å²) >= 11 is 3.39. The SMILES string of the molecule is CC(C)C1CCCN1CCC(=O)c1ccc(Br)cc1. The van der Waals surface area contributed by atoms with Crippen molar-refractivity contribution in [2.75, 3.05) is 13.1 Å². The zero-order chi connectivity index (χ0) is 13.8. The first-order chi connectivity index (χ1) is 9.08. The zero-order valence-electron chi connectivity index (χ0n) is 11.7. The Labute approximate surface area is 124 Å². The number of hydrogen-bond acceptors (Lipinski definition) is 2. The molecule has 3 heteroatoms. The monoisotopic (exact) mass is 323 g/mol. The van der Waals surface area contributed by atoms with Crippen molar-refractivity contribution in [3.63, 3.8) is 0 Å². The second-order valence-corrected chi connectivity index (χ2v) is 6.59. The highest BCUT2D eigenvalue weighted by molar-refractivity contribution is 9.10. The van der Waals surface area contributed by atoms with E-state index in [9.17, 15) is 4.79 Å². The van der Waals surface area contributed by atoms with E-state index >= 15 is 0 Å². The average Bonchev–Trinajstić information content (AvgIpc) is 2.85. The van der Waals surface area contributed by atoms with E-state index in [-0.39, 0.29) is 5.78 Å². The summed E-state index contributed by atoms with van der Waals surface area (Å²) in [4.78, 5) is 14.6. The third-order valence-corrected chi connectivity index (χ3v) is 4.50. The first-order valence-corrected chi connectivity index (χ1v) is 7.90. The van der Waals surface area contributed by atoms with Crippen LogP contribution in [-0.2, 0) is 0 Å². The number of halogens is 1. The van der Waals surface area contributed by atoms with Gasteiger partial charge in [-0.05, 0) is 37.4 Å². The summed E-state index contributed by atoms with van der Waals surface area (Å²) in [5.74, 6) is 0.937. The van der Waals surface area contributed by atoms with Crippen LogP contribution in [0, 0.1) is 5.92 Å². The van der Waals surface area contributed by atoms with E-state index in [0.29, 0.717) is 18.4 Å². The van der Waals surface area contributed by atoms with Gasteiger partial charge in [0.2, 0.25) is 0 Å². The lowest BCUT2D eigenvalue weighted by atomic mass is 10.0. The van der Waals surface area contributed by atoms with Crippen molar-refractivity contribution >= 4 is 21.7 Å². The van der Waals surface area contributed by atoms with E-state index < -0.39 is 0 Å². The molecule has 1 aromatic rings. The average molecular weight is 324 g/mol. The molecule has 1 atom stereocenters. The van der Waals surface area contributed by atoms with Crippen LogP contribution in [0.3, 0.4) is 0 Å². The van der Waals surface area contributed by atoms with Crippen LogP contribution in [-0.4, -0.2) is 29.8 Å². The van der Waals surface area contributed by atoms with Crippen LogP contribution < -0.4 is 0 Å². The fourth-order valence-electron chi connectivity index (χ4n) is 2.91. The molecule has 19 heavy (non-hydrogen) atoms. The third-order valence-electron chi connectivity index (χ3n) is 3.98. The highest BCUT2D eigenvalue weighted by atomic mass is 79.9. The molecule has 1 aromatic carbocycles. The van der Waals surface area contributed by atoms with E-state index in [2.05, 4.69) is 34.7 Å². The zero-order valence-corrected chi connectivity index (χ0v) is 13.3. The number of benzene rings is 1. The maximum Gasteiger partial charge on any atom is 0.164 e. The Bertz CT molecular complexity index is 427. The molecule has 2 rings (SSSR count). The molecule has 1 unspecified atom stereocenters. The number of ketones is 1. The molecular formula is C16H22BrNO. The maximum absolute atomic E-state index is 12.1. The van der Waals surface area contributed by atoms with E-state index in [1.54, 1.807) is 0 Å². The van der Waals surface area contributed by atoms with Crippen molar-refractivity contribution in [2.24, 2.45) is 5.92 Å². The minimum absolute atomic E-state index is 0.252. The fraction of sp³-hybridized carbons (Fsp3) is 0.562. The second-order valence-electron chi connectivity index (χ2n) is 5.67. The smallest absolute Gasteiger partial charge is 0.164 e. The number of hydrogen-bond donors (Lipinski definition) is 0. The summed E-state index contributed by atoms with van der Waals surface area (Å²) in [5.41, 5.74) is 0.823. The van der Waals surface area contributed by atoms with Crippen molar-refractivity contribution in [2.45, 2.75) is 39.2 Å². The van der Waals surface area contributed by atoms with E-state index in [4.69, 9.17) is 0 Å². The quantitative estimate of drug-likeness (QED) is 0.759. The predicted molar refractivity (Wildman–Crippen MR) is 82.5 cm³/mol. The van der Waals surface area contributed by atoms with Gasteiger partial charge in [0.1, 0.15) is 0 Å². The van der Waals surface area contributed by atoms with Gasteiger partial charge in [-0.2, -0.15) is 0 Å². The van der Waals surface area contributed by atoms with Crippen LogP contribution in [0.2, 0.25) is 0 Å². The number of Topliss-reactive ketones (excluding diaryl/α,β-unsaturated/α-hetero) is 1. The fourth-order valence-corrected chi connectivity index (χ4v) is 3.17. The van der Waals surface area contributed by atoms with E-state index in [1.165, 1.54) is 12.8 Å². The molecule has 1 fully saturated rings. The van der Waals surface area contributed by atoms with Gasteiger partial charge in [-0.3, -0.25) is 9.69 Å². The Hall–Kier alpha value is -0.670. The van der Waals surface area contributed by atoms with Crippen LogP contribution in [0.4, 0.5) is 0 Å². The molecule has 0 aliphatic carbocycles. The Morgan fingerprint density at radius 3 is 2.68 bits per heavy atom. The van der Waals surface area contributed by atoms with Gasteiger partial charge in [-0.1, -0.05) is 41.9 Å². The minimum Gasteiger partial charge on any atom is -0.300 e. The highest BCUT2D eigenvalue weighted by Crippen LogP contribution is 2.24. The Morgan fingerprint density at radius 1 is 1.37 bits per heavy atom. The lowest BCUT2D eigenvalue weighted by molar-refractivity contribution is 0.0954. The molecule has 1 aliphatic rings. The van der Waals surface area contributed by atoms with E-state index in [1.807, 2.05) is 24.3 Å². The van der Waals surface area contributed by atoms with Crippen LogP contribution in [0.15, 0.2) is 28.7 Å². The van der Waals surface area contributed by atoms with Crippen molar-refractivity contribution in [1.29, 1.82) is 0 Å². The van der Waals surface area contributed by atoms with Gasteiger partial charge in [-0.25, -0.2) is 0 Å². The second kappa shape index (κ2) is 6.67. The lowest BCUT2D eigenvalue weighted by Crippen LogP contribution is -2.35. The van der Waals surface area contributed by atoms with Gasteiger partial charge in [-0.15, -0.1) is 0 Å². The van der Waals surface area contributed by atoms with Crippen LogP contribution in [0.1, 0.15) is 43.5 Å². The minimum atomic E-state index is 0.252. The standard InChI is InChI=1S/C16H22BrNO/c1-12(2)15-4-3-10-18(15)11-9-16(19)13-5-7-14(17)8-6-13/h5-8,12,15H,3-4,9-11H2,1-2H3. The summed E-state index contributed by atoms with van der Waals surface area (Å²) in [6, 6.07) is 8.32. The summed E-state index contributed by atoms with van der Waals surface area (Å²) in [5, 5.41) is 0. The van der Waals surface area contributed by atoms with Gasteiger partial charge in [0.15, 0.2) is 5.78 Å². The third kappa shape index (κ3) is 3.90. The molecular weight excluding hydrogens is 302 g/mol. The van der Waals surface area contributed by atoms with Crippen molar-refractivity contribution in [1.82, 2.24) is 4.90 Å². The molecule has 0 amide bonds. The molecule has 1 aliphatic heterocycles. The molecule has 0 spiro atoms. The molecule has 0 aromatic heterocycles. The summed E-state index contributed by atoms with van der Waals surface area (Å²) in [7, 11) is 0. The first-order valence-electron chi connectivity index (χ1n) is 7.10. The van der Waals surface area contributed by atoms with Gasteiger partial charge in [0.05, 0.1) is 0 Å². The maximum atomic E-state index is 12.1. The van der Waals surface area contributed by atoms with Crippen LogP contribution in [0.25, 0.3) is 0 Å². The topological polar surface area (TPSA) is 20.3 Å². The van der Waals surface area contributed by atoms with Crippen molar-refractivity contribution in [3.05, 3.63) is 34.3 Å². The van der Waals surface area contributed by atoms with Gasteiger partial charge in [0, 0.05) is 29.0 Å². The molecule has 104 valence electrons. The first kappa shape index (κ1) is 14.7. The van der Waals surface area contributed by atoms with Gasteiger partial charge in [0.25, 0.3) is 0 Å². The molecule has 2 nitrogen and oxygen atoms in total. The van der Waals surface area contributed by atoms with Crippen LogP contribution in [0.5, 0.6) is 0 Å². The Kier molecular flexibility index (Phi) is 5.17. The Balaban J connectivity index is 1.88. The number of nitrogens with zero attached hydrogens (tertiary/aromatic N) is 1. The number of carbonyl (C=O) groups excluding carboxylic acids is 1. The molecule has 1 heterocycles. The predicted octanol–water partition coefficient (Wildman–Crippen LogP) is 4.14. The van der Waals surface area contributed by atoms with Gasteiger partial charge >= 0.3 is 0 Å². The van der Waals surface area contributed by atoms with Crippen LogP contribution >= 0.6 is 15.9 Å². The van der Waals surface area contributed by atoms with Crippen molar-refractivity contribution in [3.8, 4) is 0 Å². The lowest BCUT2D eigenvalue weighted by Gasteiger charge is -2.27. The summed E-state index contributed by atoms with van der Waals surface area (Å²) in [6.45, 7) is 6.60. The number of rotatable bonds is 5. The molecule has 1 saturated heterocycles. The number of likely N-dealkylation sites (tertiary alicyclic amines) is 1. The molecule has 0 saturated carbocycles. The van der Waals surface area contributed by atoms with E-state index in [0.717, 1.165) is 23.1 Å². The molecule has 0 N–H and O–H groups in total. The molecule has 0 radical (unpaired) electrons. The summed E-state index contributed by atoms with van der Waals surface area (Å²) in [6.07, 6.45) is 3.18. The normalized spacial score (nSPS) is 20.1. The Morgan fingerprint density at radius 2 is 2.05 bits per heavy atom. The number of carbonyl (C=O) groups is 1.